The summed E-state index contributed by atoms with van der Waals surface area (Å²) in [5, 5.41) is -0.309. The Hall–Kier alpha value is -1.43. The molecule has 2 rings (SSSR count). The molecule has 1 aliphatic heterocycles. The SMILES string of the molecule is O=[C]N1CCN(c2ccc(Cl)c(C(F)(F)F)c2)CC1. The van der Waals surface area contributed by atoms with Crippen LogP contribution >= 0.6 is 11.6 Å². The van der Waals surface area contributed by atoms with E-state index in [1.165, 1.54) is 11.0 Å². The highest BCUT2D eigenvalue weighted by Gasteiger charge is 2.34. The smallest absolute Gasteiger partial charge is 0.368 e. The predicted molar refractivity (Wildman–Crippen MR) is 65.9 cm³/mol. The summed E-state index contributed by atoms with van der Waals surface area (Å²) >= 11 is 5.57. The van der Waals surface area contributed by atoms with Gasteiger partial charge >= 0.3 is 12.6 Å². The van der Waals surface area contributed by atoms with Gasteiger partial charge in [0, 0.05) is 31.9 Å². The summed E-state index contributed by atoms with van der Waals surface area (Å²) in [5.74, 6) is 0. The van der Waals surface area contributed by atoms with Gasteiger partial charge in [0.25, 0.3) is 0 Å². The van der Waals surface area contributed by atoms with Crippen molar-refractivity contribution in [2.75, 3.05) is 31.1 Å². The molecule has 1 saturated heterocycles. The number of halogens is 4. The van der Waals surface area contributed by atoms with Gasteiger partial charge in [-0.05, 0) is 18.2 Å². The largest absolute Gasteiger partial charge is 0.417 e. The molecule has 1 aromatic rings. The molecule has 3 nitrogen and oxygen atoms in total. The molecule has 0 N–H and O–H groups in total. The van der Waals surface area contributed by atoms with Gasteiger partial charge in [0.05, 0.1) is 10.6 Å². The molecule has 0 spiro atoms. The average Bonchev–Trinajstić information content (AvgIpc) is 2.38. The number of hydrogen-bond acceptors (Lipinski definition) is 2. The van der Waals surface area contributed by atoms with E-state index in [1.54, 1.807) is 17.4 Å². The molecule has 1 aromatic carbocycles. The maximum Gasteiger partial charge on any atom is 0.417 e. The Balaban J connectivity index is 2.20. The molecule has 7 heteroatoms. The molecule has 0 aromatic heterocycles. The van der Waals surface area contributed by atoms with E-state index in [-0.39, 0.29) is 5.02 Å². The molecule has 1 fully saturated rings. The van der Waals surface area contributed by atoms with Crippen molar-refractivity contribution < 1.29 is 18.0 Å². The fourth-order valence-electron chi connectivity index (χ4n) is 1.98. The molecule has 0 unspecified atom stereocenters. The molecule has 103 valence electrons. The molecule has 1 radical (unpaired) electrons. The lowest BCUT2D eigenvalue weighted by atomic mass is 10.1. The van der Waals surface area contributed by atoms with E-state index >= 15 is 0 Å². The van der Waals surface area contributed by atoms with Crippen LogP contribution < -0.4 is 4.90 Å². The second kappa shape index (κ2) is 5.28. The van der Waals surface area contributed by atoms with Crippen molar-refractivity contribution in [2.45, 2.75) is 6.18 Å². The molecule has 1 amide bonds. The first-order valence-corrected chi connectivity index (χ1v) is 6.04. The topological polar surface area (TPSA) is 23.6 Å². The Morgan fingerprint density at radius 2 is 1.79 bits per heavy atom. The number of hydrogen-bond donors (Lipinski definition) is 0. The van der Waals surface area contributed by atoms with Crippen molar-refractivity contribution in [3.05, 3.63) is 28.8 Å². The van der Waals surface area contributed by atoms with Crippen molar-refractivity contribution in [2.24, 2.45) is 0 Å². The number of benzene rings is 1. The normalized spacial score (nSPS) is 16.6. The second-order valence-electron chi connectivity index (χ2n) is 4.23. The molecule has 0 saturated carbocycles. The molecule has 1 heterocycles. The van der Waals surface area contributed by atoms with Crippen molar-refractivity contribution in [1.82, 2.24) is 4.90 Å². The highest BCUT2D eigenvalue weighted by molar-refractivity contribution is 6.31. The van der Waals surface area contributed by atoms with Crippen molar-refractivity contribution in [1.29, 1.82) is 0 Å². The van der Waals surface area contributed by atoms with Crippen molar-refractivity contribution >= 4 is 23.7 Å². The number of alkyl halides is 3. The van der Waals surface area contributed by atoms with E-state index in [0.717, 1.165) is 6.07 Å². The zero-order chi connectivity index (χ0) is 14.0. The minimum atomic E-state index is -4.47. The van der Waals surface area contributed by atoms with Crippen LogP contribution in [0, 0.1) is 0 Å². The first-order chi connectivity index (χ1) is 8.91. The third-order valence-corrected chi connectivity index (χ3v) is 3.36. The van der Waals surface area contributed by atoms with Crippen LogP contribution in [-0.2, 0) is 11.0 Å². The predicted octanol–water partition coefficient (Wildman–Crippen LogP) is 2.55. The monoisotopic (exact) mass is 291 g/mol. The Bertz CT molecular complexity index is 471. The van der Waals surface area contributed by atoms with E-state index in [0.29, 0.717) is 31.9 Å². The van der Waals surface area contributed by atoms with Crippen LogP contribution in [0.2, 0.25) is 5.02 Å². The maximum atomic E-state index is 12.8. The van der Waals surface area contributed by atoms with Crippen LogP contribution in [-0.4, -0.2) is 37.5 Å². The summed E-state index contributed by atoms with van der Waals surface area (Å²) in [7, 11) is 0. The zero-order valence-electron chi connectivity index (χ0n) is 9.88. The molecule has 0 aliphatic carbocycles. The van der Waals surface area contributed by atoms with Crippen LogP contribution in [0.15, 0.2) is 18.2 Å². The second-order valence-corrected chi connectivity index (χ2v) is 4.63. The molecular weight excluding hydrogens is 281 g/mol. The highest BCUT2D eigenvalue weighted by atomic mass is 35.5. The third-order valence-electron chi connectivity index (χ3n) is 3.03. The molecule has 19 heavy (non-hydrogen) atoms. The summed E-state index contributed by atoms with van der Waals surface area (Å²) < 4.78 is 38.3. The van der Waals surface area contributed by atoms with Gasteiger partial charge in [-0.15, -0.1) is 0 Å². The Labute approximate surface area is 113 Å². The fraction of sp³-hybridized carbons (Fsp3) is 0.417. The van der Waals surface area contributed by atoms with Crippen molar-refractivity contribution in [3.8, 4) is 0 Å². The number of anilines is 1. The lowest BCUT2D eigenvalue weighted by Crippen LogP contribution is -2.45. The van der Waals surface area contributed by atoms with Gasteiger partial charge in [0.2, 0.25) is 0 Å². The van der Waals surface area contributed by atoms with E-state index in [1.807, 2.05) is 0 Å². The van der Waals surface area contributed by atoms with Gasteiger partial charge in [-0.3, -0.25) is 4.79 Å². The molecule has 0 bridgehead atoms. The lowest BCUT2D eigenvalue weighted by Gasteiger charge is -2.34. The fourth-order valence-corrected chi connectivity index (χ4v) is 2.21. The number of amides is 1. The average molecular weight is 292 g/mol. The third kappa shape index (κ3) is 3.12. The molecule has 1 aliphatic rings. The summed E-state index contributed by atoms with van der Waals surface area (Å²) in [5.41, 5.74) is -0.377. The van der Waals surface area contributed by atoms with Crippen LogP contribution in [0.5, 0.6) is 0 Å². The number of carbonyl (C=O) groups excluding carboxylic acids is 1. The Morgan fingerprint density at radius 3 is 2.32 bits per heavy atom. The standard InChI is InChI=1S/C12H11ClF3N2O/c13-11-2-1-9(7-10(11)12(14,15)16)18-5-3-17(8-19)4-6-18/h1-2,7H,3-6H2. The van der Waals surface area contributed by atoms with Gasteiger partial charge in [0.1, 0.15) is 0 Å². The van der Waals surface area contributed by atoms with Crippen molar-refractivity contribution in [3.63, 3.8) is 0 Å². The van der Waals surface area contributed by atoms with E-state index in [2.05, 4.69) is 0 Å². The Morgan fingerprint density at radius 1 is 1.16 bits per heavy atom. The summed E-state index contributed by atoms with van der Waals surface area (Å²) in [6, 6.07) is 3.85. The lowest BCUT2D eigenvalue weighted by molar-refractivity contribution is -0.137. The highest BCUT2D eigenvalue weighted by Crippen LogP contribution is 2.37. The van der Waals surface area contributed by atoms with Gasteiger partial charge in [-0.2, -0.15) is 13.2 Å². The van der Waals surface area contributed by atoms with Crippen LogP contribution in [0.25, 0.3) is 0 Å². The van der Waals surface area contributed by atoms with E-state index in [4.69, 9.17) is 11.6 Å². The van der Waals surface area contributed by atoms with Gasteiger partial charge in [-0.1, -0.05) is 11.6 Å². The minimum absolute atomic E-state index is 0.309. The zero-order valence-corrected chi connectivity index (χ0v) is 10.6. The first-order valence-electron chi connectivity index (χ1n) is 5.66. The number of rotatable bonds is 2. The van der Waals surface area contributed by atoms with Gasteiger partial charge in [0.15, 0.2) is 0 Å². The summed E-state index contributed by atoms with van der Waals surface area (Å²) in [6.07, 6.45) is -2.69. The van der Waals surface area contributed by atoms with Crippen LogP contribution in [0.3, 0.4) is 0 Å². The van der Waals surface area contributed by atoms with Gasteiger partial charge < -0.3 is 9.80 Å². The Kier molecular flexibility index (Phi) is 3.89. The molecule has 0 atom stereocenters. The van der Waals surface area contributed by atoms with Gasteiger partial charge in [-0.25, -0.2) is 0 Å². The van der Waals surface area contributed by atoms with Crippen LogP contribution in [0.1, 0.15) is 5.56 Å². The first kappa shape index (κ1) is 14.0. The van der Waals surface area contributed by atoms with E-state index in [9.17, 15) is 18.0 Å². The molecular formula is C12H11ClF3N2O. The number of nitrogens with zero attached hydrogens (tertiary/aromatic N) is 2. The quantitative estimate of drug-likeness (QED) is 0.836. The number of piperazine rings is 1. The summed E-state index contributed by atoms with van der Waals surface area (Å²) in [6.45, 7) is 1.86. The van der Waals surface area contributed by atoms with E-state index < -0.39 is 11.7 Å². The minimum Gasteiger partial charge on any atom is -0.368 e. The maximum absolute atomic E-state index is 12.8. The van der Waals surface area contributed by atoms with Crippen LogP contribution in [0.4, 0.5) is 18.9 Å². The summed E-state index contributed by atoms with van der Waals surface area (Å²) in [4.78, 5) is 13.7.